The van der Waals surface area contributed by atoms with E-state index in [1.54, 1.807) is 31.2 Å². The van der Waals surface area contributed by atoms with E-state index in [1.807, 2.05) is 32.9 Å². The summed E-state index contributed by atoms with van der Waals surface area (Å²) < 4.78 is 5.88. The van der Waals surface area contributed by atoms with E-state index in [0.717, 1.165) is 32.7 Å². The van der Waals surface area contributed by atoms with Crippen LogP contribution in [-0.4, -0.2) is 17.8 Å². The Hall–Kier alpha value is -3.90. The second kappa shape index (κ2) is 9.76. The molecule has 1 saturated heterocycles. The third-order valence-corrected chi connectivity index (χ3v) is 5.95. The van der Waals surface area contributed by atoms with E-state index in [1.165, 1.54) is 6.08 Å². The molecule has 1 aliphatic heterocycles. The Kier molecular flexibility index (Phi) is 6.76. The molecular weight excluding hydrogens is 464 g/mol. The van der Waals surface area contributed by atoms with Gasteiger partial charge in [0.05, 0.1) is 10.7 Å². The van der Waals surface area contributed by atoms with E-state index < -0.39 is 17.8 Å². The number of barbiturate groups is 1. The molecule has 1 heterocycles. The molecule has 0 saturated carbocycles. The van der Waals surface area contributed by atoms with E-state index in [4.69, 9.17) is 16.3 Å². The molecule has 1 fully saturated rings. The molecular formula is C28H25ClN2O4. The molecule has 0 aliphatic carbocycles. The van der Waals surface area contributed by atoms with Gasteiger partial charge in [0, 0.05) is 0 Å². The lowest BCUT2D eigenvalue weighted by molar-refractivity contribution is -0.122. The van der Waals surface area contributed by atoms with Crippen molar-refractivity contribution in [3.8, 4) is 5.75 Å². The van der Waals surface area contributed by atoms with E-state index >= 15 is 0 Å². The van der Waals surface area contributed by atoms with Crippen molar-refractivity contribution in [2.75, 3.05) is 4.90 Å². The molecule has 4 rings (SSSR count). The van der Waals surface area contributed by atoms with Crippen molar-refractivity contribution in [2.45, 2.75) is 34.3 Å². The molecule has 3 aromatic carbocycles. The van der Waals surface area contributed by atoms with Gasteiger partial charge >= 0.3 is 6.03 Å². The normalized spacial score (nSPS) is 14.9. The molecule has 4 amide bonds. The van der Waals surface area contributed by atoms with Gasteiger partial charge in [-0.25, -0.2) is 9.69 Å². The van der Waals surface area contributed by atoms with Crippen LogP contribution in [0.3, 0.4) is 0 Å². The van der Waals surface area contributed by atoms with Crippen LogP contribution in [0.2, 0.25) is 5.02 Å². The second-order valence-corrected chi connectivity index (χ2v) is 9.13. The highest BCUT2D eigenvalue weighted by Crippen LogP contribution is 2.29. The number of nitrogens with one attached hydrogen (secondary N) is 1. The first-order valence-electron chi connectivity index (χ1n) is 11.1. The summed E-state index contributed by atoms with van der Waals surface area (Å²) in [5, 5.41) is 2.59. The SMILES string of the molecule is Cc1cc(C)cc(COc2ccc(/C=C3\C(=O)NC(=O)N(c4cc(C)ccc4C)C3=O)cc2Cl)c1. The van der Waals surface area contributed by atoms with Gasteiger partial charge in [-0.3, -0.25) is 14.9 Å². The minimum atomic E-state index is -0.779. The standard InChI is InChI=1S/C28H25ClN2O4/c1-16-5-6-19(4)24(12-16)31-27(33)22(26(32)30-28(31)34)13-20-7-8-25(23(29)14-20)35-15-21-10-17(2)9-18(3)11-21/h5-14H,15H2,1-4H3,(H,30,32,34)/b22-13+. The molecule has 0 unspecified atom stereocenters. The summed E-state index contributed by atoms with van der Waals surface area (Å²) in [4.78, 5) is 39.2. The summed E-state index contributed by atoms with van der Waals surface area (Å²) in [5.41, 5.74) is 5.76. The average molecular weight is 489 g/mol. The van der Waals surface area contributed by atoms with Gasteiger partial charge in [0.25, 0.3) is 11.8 Å². The van der Waals surface area contributed by atoms with Gasteiger partial charge < -0.3 is 4.74 Å². The summed E-state index contributed by atoms with van der Waals surface area (Å²) in [7, 11) is 0. The maximum Gasteiger partial charge on any atom is 0.335 e. The number of aryl methyl sites for hydroxylation is 4. The van der Waals surface area contributed by atoms with Gasteiger partial charge in [-0.05, 0) is 74.2 Å². The van der Waals surface area contributed by atoms with Crippen LogP contribution in [0.25, 0.3) is 6.08 Å². The van der Waals surface area contributed by atoms with Crippen molar-refractivity contribution >= 4 is 41.2 Å². The molecule has 3 aromatic rings. The zero-order chi connectivity index (χ0) is 25.3. The van der Waals surface area contributed by atoms with E-state index in [2.05, 4.69) is 23.5 Å². The predicted octanol–water partition coefficient (Wildman–Crippen LogP) is 5.82. The van der Waals surface area contributed by atoms with Gasteiger partial charge in [-0.1, -0.05) is 59.1 Å². The number of carbonyl (C=O) groups is 3. The third-order valence-electron chi connectivity index (χ3n) is 5.65. The minimum Gasteiger partial charge on any atom is -0.487 e. The number of ether oxygens (including phenoxy) is 1. The number of hydrogen-bond acceptors (Lipinski definition) is 4. The Bertz CT molecular complexity index is 1370. The van der Waals surface area contributed by atoms with Crippen LogP contribution in [0.1, 0.15) is 33.4 Å². The number of imide groups is 2. The first-order valence-corrected chi connectivity index (χ1v) is 11.5. The number of halogens is 1. The Balaban J connectivity index is 1.58. The molecule has 35 heavy (non-hydrogen) atoms. The molecule has 7 heteroatoms. The van der Waals surface area contributed by atoms with Gasteiger partial charge in [0.15, 0.2) is 0 Å². The third kappa shape index (κ3) is 5.28. The zero-order valence-electron chi connectivity index (χ0n) is 19.9. The predicted molar refractivity (Wildman–Crippen MR) is 137 cm³/mol. The number of anilines is 1. The lowest BCUT2D eigenvalue weighted by Gasteiger charge is -2.27. The summed E-state index contributed by atoms with van der Waals surface area (Å²) >= 11 is 6.43. The van der Waals surface area contributed by atoms with Crippen molar-refractivity contribution in [1.29, 1.82) is 0 Å². The lowest BCUT2D eigenvalue weighted by atomic mass is 10.0. The van der Waals surface area contributed by atoms with Gasteiger partial charge in [-0.15, -0.1) is 0 Å². The molecule has 1 N–H and O–H groups in total. The number of carbonyl (C=O) groups excluding carboxylic acids is 3. The molecule has 0 radical (unpaired) electrons. The zero-order valence-corrected chi connectivity index (χ0v) is 20.7. The van der Waals surface area contributed by atoms with Crippen LogP contribution in [0.15, 0.2) is 60.2 Å². The van der Waals surface area contributed by atoms with Crippen LogP contribution in [0.4, 0.5) is 10.5 Å². The molecule has 178 valence electrons. The summed E-state index contributed by atoms with van der Waals surface area (Å²) in [6.07, 6.45) is 1.42. The summed E-state index contributed by atoms with van der Waals surface area (Å²) in [6.45, 7) is 8.08. The minimum absolute atomic E-state index is 0.162. The molecule has 0 aromatic heterocycles. The topological polar surface area (TPSA) is 75.7 Å². The maximum absolute atomic E-state index is 13.2. The van der Waals surface area contributed by atoms with Gasteiger partial charge in [0.2, 0.25) is 0 Å². The quantitative estimate of drug-likeness (QED) is 0.362. The average Bonchev–Trinajstić information content (AvgIpc) is 2.77. The van der Waals surface area contributed by atoms with Crippen molar-refractivity contribution in [3.63, 3.8) is 0 Å². The number of benzene rings is 3. The summed E-state index contributed by atoms with van der Waals surface area (Å²) in [5.74, 6) is -0.967. The fourth-order valence-electron chi connectivity index (χ4n) is 4.04. The fourth-order valence-corrected chi connectivity index (χ4v) is 4.28. The number of nitrogens with zero attached hydrogens (tertiary/aromatic N) is 1. The largest absolute Gasteiger partial charge is 0.487 e. The molecule has 0 atom stereocenters. The Morgan fingerprint density at radius 1 is 0.886 bits per heavy atom. The first-order chi connectivity index (χ1) is 16.6. The molecule has 0 spiro atoms. The van der Waals surface area contributed by atoms with Crippen LogP contribution < -0.4 is 15.0 Å². The highest BCUT2D eigenvalue weighted by Gasteiger charge is 2.37. The number of amides is 4. The van der Waals surface area contributed by atoms with Crippen molar-refractivity contribution in [3.05, 3.63) is 98.6 Å². The van der Waals surface area contributed by atoms with Crippen molar-refractivity contribution in [2.24, 2.45) is 0 Å². The van der Waals surface area contributed by atoms with Gasteiger partial charge in [-0.2, -0.15) is 0 Å². The van der Waals surface area contributed by atoms with Crippen molar-refractivity contribution in [1.82, 2.24) is 5.32 Å². The van der Waals surface area contributed by atoms with E-state index in [9.17, 15) is 14.4 Å². The van der Waals surface area contributed by atoms with Crippen LogP contribution in [0.5, 0.6) is 5.75 Å². The highest BCUT2D eigenvalue weighted by molar-refractivity contribution is 6.39. The smallest absolute Gasteiger partial charge is 0.335 e. The first kappa shape index (κ1) is 24.2. The van der Waals surface area contributed by atoms with Crippen LogP contribution in [-0.2, 0) is 16.2 Å². The fraction of sp³-hybridized carbons (Fsp3) is 0.179. The molecule has 1 aliphatic rings. The number of rotatable bonds is 5. The summed E-state index contributed by atoms with van der Waals surface area (Å²) in [6, 6.07) is 15.9. The van der Waals surface area contributed by atoms with E-state index in [-0.39, 0.29) is 5.57 Å². The lowest BCUT2D eigenvalue weighted by Crippen LogP contribution is -2.54. The molecule has 0 bridgehead atoms. The van der Waals surface area contributed by atoms with Gasteiger partial charge in [0.1, 0.15) is 17.9 Å². The Labute approximate surface area is 209 Å². The highest BCUT2D eigenvalue weighted by atomic mass is 35.5. The maximum atomic E-state index is 13.2. The van der Waals surface area contributed by atoms with Crippen LogP contribution >= 0.6 is 11.6 Å². The Morgan fingerprint density at radius 3 is 2.29 bits per heavy atom. The van der Waals surface area contributed by atoms with Crippen molar-refractivity contribution < 1.29 is 19.1 Å². The number of urea groups is 1. The molecule has 6 nitrogen and oxygen atoms in total. The van der Waals surface area contributed by atoms with E-state index in [0.29, 0.717) is 28.6 Å². The monoisotopic (exact) mass is 488 g/mol. The van der Waals surface area contributed by atoms with Crippen LogP contribution in [0, 0.1) is 27.7 Å². The number of hydrogen-bond donors (Lipinski definition) is 1. The second-order valence-electron chi connectivity index (χ2n) is 8.72. The Morgan fingerprint density at radius 2 is 1.60 bits per heavy atom.